The number of hydrogen-bond acceptors (Lipinski definition) is 3. The fourth-order valence-corrected chi connectivity index (χ4v) is 0.611. The summed E-state index contributed by atoms with van der Waals surface area (Å²) < 4.78 is 4.94. The Morgan fingerprint density at radius 2 is 1.79 bits per heavy atom. The Hall–Kier alpha value is -1.06. The van der Waals surface area contributed by atoms with Gasteiger partial charge in [0.25, 0.3) is 0 Å². The van der Waals surface area contributed by atoms with Gasteiger partial charge in [-0.1, -0.05) is 20.8 Å². The first-order valence-corrected chi connectivity index (χ1v) is 4.57. The molecule has 0 aromatic rings. The van der Waals surface area contributed by atoms with Crippen LogP contribution in [0.4, 0.5) is 4.79 Å². The molecule has 4 nitrogen and oxygen atoms in total. The van der Waals surface area contributed by atoms with Crippen LogP contribution in [-0.2, 0) is 9.53 Å². The average molecular weight is 201 g/mol. The fourth-order valence-electron chi connectivity index (χ4n) is 0.611. The second kappa shape index (κ2) is 4.44. The average Bonchev–Trinajstić information content (AvgIpc) is 1.99. The van der Waals surface area contributed by atoms with Gasteiger partial charge in [-0.05, 0) is 19.3 Å². The number of nitrogens with one attached hydrogen (secondary N) is 1. The van der Waals surface area contributed by atoms with Gasteiger partial charge in [-0.15, -0.1) is 0 Å². The number of alkyl carbamates (subject to hydrolysis) is 1. The number of amides is 1. The molecule has 0 aromatic carbocycles. The third kappa shape index (κ3) is 6.46. The van der Waals surface area contributed by atoms with Crippen molar-refractivity contribution in [3.8, 4) is 0 Å². The molecule has 0 aromatic heterocycles. The van der Waals surface area contributed by atoms with E-state index in [1.807, 2.05) is 20.8 Å². The van der Waals surface area contributed by atoms with Crippen molar-refractivity contribution in [1.82, 2.24) is 5.32 Å². The lowest BCUT2D eigenvalue weighted by Gasteiger charge is -2.22. The summed E-state index contributed by atoms with van der Waals surface area (Å²) in [7, 11) is 0. The van der Waals surface area contributed by atoms with Crippen LogP contribution >= 0.6 is 0 Å². The van der Waals surface area contributed by atoms with Crippen LogP contribution < -0.4 is 5.32 Å². The van der Waals surface area contributed by atoms with E-state index < -0.39 is 11.6 Å². The molecule has 0 aliphatic heterocycles. The number of hydrogen-bond donors (Lipinski definition) is 1. The Bertz CT molecular complexity index is 216. The minimum absolute atomic E-state index is 0.0668. The molecule has 0 fully saturated rings. The van der Waals surface area contributed by atoms with E-state index in [4.69, 9.17) is 4.74 Å². The first kappa shape index (κ1) is 12.9. The van der Waals surface area contributed by atoms with Crippen molar-refractivity contribution in [3.63, 3.8) is 0 Å². The maximum absolute atomic E-state index is 11.2. The van der Waals surface area contributed by atoms with Crippen LogP contribution in [0.3, 0.4) is 0 Å². The lowest BCUT2D eigenvalue weighted by atomic mass is 9.99. The van der Waals surface area contributed by atoms with Crippen molar-refractivity contribution in [2.75, 3.05) is 6.61 Å². The second-order valence-corrected chi connectivity index (χ2v) is 5.10. The Labute approximate surface area is 85.0 Å². The van der Waals surface area contributed by atoms with Gasteiger partial charge < -0.3 is 14.8 Å². The third-order valence-corrected chi connectivity index (χ3v) is 1.36. The molecule has 0 unspecified atom stereocenters. The first-order valence-electron chi connectivity index (χ1n) is 4.57. The molecule has 14 heavy (non-hydrogen) atoms. The monoisotopic (exact) mass is 201 g/mol. The van der Waals surface area contributed by atoms with E-state index in [1.54, 1.807) is 13.8 Å². The van der Waals surface area contributed by atoms with Gasteiger partial charge in [0.1, 0.15) is 6.29 Å². The van der Waals surface area contributed by atoms with Crippen molar-refractivity contribution in [2.24, 2.45) is 5.41 Å². The van der Waals surface area contributed by atoms with Gasteiger partial charge in [-0.2, -0.15) is 0 Å². The summed E-state index contributed by atoms with van der Waals surface area (Å²) in [5.74, 6) is 0. The van der Waals surface area contributed by atoms with E-state index in [9.17, 15) is 9.59 Å². The smallest absolute Gasteiger partial charge is 0.407 e. The zero-order chi connectivity index (χ0) is 11.4. The Morgan fingerprint density at radius 3 is 2.14 bits per heavy atom. The predicted octanol–water partition coefficient (Wildman–Crippen LogP) is 1.74. The van der Waals surface area contributed by atoms with Crippen LogP contribution in [0.2, 0.25) is 0 Å². The van der Waals surface area contributed by atoms with E-state index in [2.05, 4.69) is 5.32 Å². The highest BCUT2D eigenvalue weighted by Gasteiger charge is 2.21. The van der Waals surface area contributed by atoms with Gasteiger partial charge in [0, 0.05) is 0 Å². The fraction of sp³-hybridized carbons (Fsp3) is 0.800. The van der Waals surface area contributed by atoms with Crippen LogP contribution in [0.25, 0.3) is 0 Å². The van der Waals surface area contributed by atoms with Crippen LogP contribution in [-0.4, -0.2) is 24.5 Å². The minimum atomic E-state index is -0.866. The number of carbonyl (C=O) groups excluding carboxylic acids is 2. The zero-order valence-corrected chi connectivity index (χ0v) is 9.51. The SMILES string of the molecule is CC(C)(C)COC(=O)NC(C)(C)C=O. The van der Waals surface area contributed by atoms with Gasteiger partial charge in [-0.25, -0.2) is 4.79 Å². The van der Waals surface area contributed by atoms with Gasteiger partial charge in [0.05, 0.1) is 12.1 Å². The summed E-state index contributed by atoms with van der Waals surface area (Å²) in [6.45, 7) is 9.44. The number of aldehydes is 1. The van der Waals surface area contributed by atoms with Gasteiger partial charge in [0.2, 0.25) is 0 Å². The van der Waals surface area contributed by atoms with Gasteiger partial charge >= 0.3 is 6.09 Å². The molecule has 1 amide bonds. The van der Waals surface area contributed by atoms with E-state index in [0.29, 0.717) is 12.9 Å². The second-order valence-electron chi connectivity index (χ2n) is 5.10. The molecule has 0 aliphatic carbocycles. The summed E-state index contributed by atoms with van der Waals surface area (Å²) in [6.07, 6.45) is 0.114. The summed E-state index contributed by atoms with van der Waals surface area (Å²) in [5.41, 5.74) is -0.933. The molecule has 0 heterocycles. The van der Waals surface area contributed by atoms with Crippen molar-refractivity contribution in [1.29, 1.82) is 0 Å². The quantitative estimate of drug-likeness (QED) is 0.707. The van der Waals surface area contributed by atoms with E-state index in [-0.39, 0.29) is 5.41 Å². The molecular weight excluding hydrogens is 182 g/mol. The summed E-state index contributed by atoms with van der Waals surface area (Å²) >= 11 is 0. The summed E-state index contributed by atoms with van der Waals surface area (Å²) in [6, 6.07) is 0. The molecule has 0 atom stereocenters. The number of carbonyl (C=O) groups is 2. The van der Waals surface area contributed by atoms with Crippen molar-refractivity contribution in [2.45, 2.75) is 40.2 Å². The molecule has 0 bridgehead atoms. The van der Waals surface area contributed by atoms with Crippen molar-refractivity contribution >= 4 is 12.4 Å². The molecule has 0 aliphatic rings. The highest BCUT2D eigenvalue weighted by Crippen LogP contribution is 2.13. The van der Waals surface area contributed by atoms with Crippen molar-refractivity contribution in [3.05, 3.63) is 0 Å². The Balaban J connectivity index is 3.95. The highest BCUT2D eigenvalue weighted by molar-refractivity contribution is 5.75. The maximum atomic E-state index is 11.2. The molecular formula is C10H19NO3. The first-order chi connectivity index (χ1) is 6.16. The summed E-state index contributed by atoms with van der Waals surface area (Å²) in [4.78, 5) is 21.7. The van der Waals surface area contributed by atoms with Crippen LogP contribution in [0, 0.1) is 5.41 Å². The largest absolute Gasteiger partial charge is 0.449 e. The molecule has 0 spiro atoms. The predicted molar refractivity (Wildman–Crippen MR) is 54.1 cm³/mol. The normalized spacial score (nSPS) is 12.1. The maximum Gasteiger partial charge on any atom is 0.407 e. The number of ether oxygens (including phenoxy) is 1. The molecule has 0 saturated heterocycles. The molecule has 0 radical (unpaired) electrons. The lowest BCUT2D eigenvalue weighted by molar-refractivity contribution is -0.112. The molecule has 1 N–H and O–H groups in total. The Morgan fingerprint density at radius 1 is 1.29 bits per heavy atom. The highest BCUT2D eigenvalue weighted by atomic mass is 16.5. The zero-order valence-electron chi connectivity index (χ0n) is 9.51. The topological polar surface area (TPSA) is 55.4 Å². The van der Waals surface area contributed by atoms with Crippen LogP contribution in [0.5, 0.6) is 0 Å². The Kier molecular flexibility index (Phi) is 4.10. The van der Waals surface area contributed by atoms with E-state index in [1.165, 1.54) is 0 Å². The van der Waals surface area contributed by atoms with E-state index in [0.717, 1.165) is 0 Å². The molecule has 0 saturated carbocycles. The molecule has 0 rings (SSSR count). The standard InChI is InChI=1S/C10H19NO3/c1-9(2,3)7-14-8(13)11-10(4,5)6-12/h6H,7H2,1-5H3,(H,11,13). The minimum Gasteiger partial charge on any atom is -0.449 e. The van der Waals surface area contributed by atoms with Gasteiger partial charge in [0.15, 0.2) is 0 Å². The van der Waals surface area contributed by atoms with Crippen LogP contribution in [0.1, 0.15) is 34.6 Å². The summed E-state index contributed by atoms with van der Waals surface area (Å²) in [5, 5.41) is 2.45. The van der Waals surface area contributed by atoms with E-state index >= 15 is 0 Å². The van der Waals surface area contributed by atoms with Gasteiger partial charge in [-0.3, -0.25) is 0 Å². The number of rotatable bonds is 3. The third-order valence-electron chi connectivity index (χ3n) is 1.36. The molecule has 4 heteroatoms. The van der Waals surface area contributed by atoms with Crippen LogP contribution in [0.15, 0.2) is 0 Å². The van der Waals surface area contributed by atoms with Crippen molar-refractivity contribution < 1.29 is 14.3 Å². The molecule has 82 valence electrons. The lowest BCUT2D eigenvalue weighted by Crippen LogP contribution is -2.45.